The van der Waals surface area contributed by atoms with Gasteiger partial charge in [-0.05, 0) is 37.8 Å². The summed E-state index contributed by atoms with van der Waals surface area (Å²) in [4.78, 5) is 14.3. The molecule has 0 atom stereocenters. The molecule has 0 unspecified atom stereocenters. The Kier molecular flexibility index (Phi) is 4.24. The summed E-state index contributed by atoms with van der Waals surface area (Å²) in [5.41, 5.74) is 7.92. The number of carbonyl (C=O) groups is 1. The first kappa shape index (κ1) is 13.6. The fourth-order valence-corrected chi connectivity index (χ4v) is 2.07. The Morgan fingerprint density at radius 2 is 2.21 bits per heavy atom. The van der Waals surface area contributed by atoms with Crippen LogP contribution in [0.2, 0.25) is 0 Å². The lowest BCUT2D eigenvalue weighted by Gasteiger charge is -2.18. The second-order valence-electron chi connectivity index (χ2n) is 5.18. The number of nitrogens with zero attached hydrogens (tertiary/aromatic N) is 1. The van der Waals surface area contributed by atoms with Gasteiger partial charge in [0.2, 0.25) is 0 Å². The Bertz CT molecular complexity index is 535. The molecule has 100 valence electrons. The maximum atomic E-state index is 12.5. The van der Waals surface area contributed by atoms with E-state index in [0.717, 1.165) is 17.7 Å². The monoisotopic (exact) mass is 256 g/mol. The van der Waals surface area contributed by atoms with Crippen molar-refractivity contribution in [3.05, 3.63) is 34.9 Å². The molecule has 1 aliphatic rings. The molecule has 2 rings (SSSR count). The third kappa shape index (κ3) is 3.59. The van der Waals surface area contributed by atoms with Crippen LogP contribution in [0.3, 0.4) is 0 Å². The number of hydrogen-bond acceptors (Lipinski definition) is 2. The lowest BCUT2D eigenvalue weighted by atomic mass is 10.0. The summed E-state index contributed by atoms with van der Waals surface area (Å²) in [6.45, 7) is 3.13. The maximum Gasteiger partial charge on any atom is 0.254 e. The molecule has 2 N–H and O–H groups in total. The molecule has 1 saturated carbocycles. The lowest BCUT2D eigenvalue weighted by molar-refractivity contribution is 0.0788. The number of amides is 1. The Balaban J connectivity index is 2.24. The van der Waals surface area contributed by atoms with Crippen LogP contribution in [0.15, 0.2) is 18.2 Å². The van der Waals surface area contributed by atoms with E-state index in [1.807, 2.05) is 32.2 Å². The third-order valence-electron chi connectivity index (χ3n) is 3.31. The minimum absolute atomic E-state index is 0.0527. The van der Waals surface area contributed by atoms with Gasteiger partial charge in [-0.3, -0.25) is 4.79 Å². The van der Waals surface area contributed by atoms with Crippen LogP contribution in [0.5, 0.6) is 0 Å². The second-order valence-corrected chi connectivity index (χ2v) is 5.18. The van der Waals surface area contributed by atoms with Crippen LogP contribution in [0, 0.1) is 24.7 Å². The molecule has 19 heavy (non-hydrogen) atoms. The van der Waals surface area contributed by atoms with Gasteiger partial charge >= 0.3 is 0 Å². The van der Waals surface area contributed by atoms with Gasteiger partial charge in [-0.25, -0.2) is 0 Å². The van der Waals surface area contributed by atoms with E-state index in [1.165, 1.54) is 12.8 Å². The Morgan fingerprint density at radius 3 is 2.84 bits per heavy atom. The first-order valence-electron chi connectivity index (χ1n) is 6.67. The van der Waals surface area contributed by atoms with Crippen molar-refractivity contribution < 1.29 is 4.79 Å². The van der Waals surface area contributed by atoms with Crippen LogP contribution in [-0.2, 0) is 0 Å². The largest absolute Gasteiger partial charge is 0.341 e. The summed E-state index contributed by atoms with van der Waals surface area (Å²) in [5.74, 6) is 6.55. The molecule has 0 saturated heterocycles. The molecule has 1 amide bonds. The van der Waals surface area contributed by atoms with Gasteiger partial charge in [-0.15, -0.1) is 0 Å². The smallest absolute Gasteiger partial charge is 0.254 e. The molecule has 3 heteroatoms. The van der Waals surface area contributed by atoms with Crippen molar-refractivity contribution in [3.63, 3.8) is 0 Å². The summed E-state index contributed by atoms with van der Waals surface area (Å²) >= 11 is 0. The molecule has 0 bridgehead atoms. The zero-order valence-corrected chi connectivity index (χ0v) is 11.6. The third-order valence-corrected chi connectivity index (χ3v) is 3.31. The first-order chi connectivity index (χ1) is 9.11. The van der Waals surface area contributed by atoms with Crippen molar-refractivity contribution >= 4 is 5.91 Å². The quantitative estimate of drug-likeness (QED) is 0.838. The molecule has 1 aromatic rings. The van der Waals surface area contributed by atoms with Crippen LogP contribution in [-0.4, -0.2) is 30.9 Å². The van der Waals surface area contributed by atoms with E-state index in [1.54, 1.807) is 4.90 Å². The highest BCUT2D eigenvalue weighted by molar-refractivity contribution is 5.96. The van der Waals surface area contributed by atoms with Crippen LogP contribution in [0.1, 0.15) is 34.3 Å². The first-order valence-corrected chi connectivity index (χ1v) is 6.67. The van der Waals surface area contributed by atoms with E-state index in [2.05, 4.69) is 11.8 Å². The van der Waals surface area contributed by atoms with Crippen molar-refractivity contribution in [2.24, 2.45) is 11.7 Å². The number of nitrogens with two attached hydrogens (primary N) is 1. The SMILES string of the molecule is Cc1ccc(C#CCN)c(C(=O)N(C)CC2CC2)c1. The summed E-state index contributed by atoms with van der Waals surface area (Å²) in [5, 5.41) is 0. The molecule has 0 heterocycles. The van der Waals surface area contributed by atoms with Gasteiger partial charge in [-0.2, -0.15) is 0 Å². The number of rotatable bonds is 3. The molecular weight excluding hydrogens is 236 g/mol. The molecule has 1 fully saturated rings. The highest BCUT2D eigenvalue weighted by Gasteiger charge is 2.25. The maximum absolute atomic E-state index is 12.5. The highest BCUT2D eigenvalue weighted by Crippen LogP contribution is 2.29. The van der Waals surface area contributed by atoms with Crippen LogP contribution in [0.25, 0.3) is 0 Å². The second kappa shape index (κ2) is 5.90. The molecule has 0 radical (unpaired) electrons. The van der Waals surface area contributed by atoms with Crippen molar-refractivity contribution in [2.45, 2.75) is 19.8 Å². The molecule has 0 aliphatic heterocycles. The topological polar surface area (TPSA) is 46.3 Å². The van der Waals surface area contributed by atoms with Crippen LogP contribution in [0.4, 0.5) is 0 Å². The standard InChI is InChI=1S/C16H20N2O/c1-12-5-8-14(4-3-9-17)15(10-12)16(19)18(2)11-13-6-7-13/h5,8,10,13H,6-7,9,11,17H2,1-2H3. The summed E-state index contributed by atoms with van der Waals surface area (Å²) < 4.78 is 0. The molecule has 0 spiro atoms. The normalized spacial score (nSPS) is 13.6. The minimum atomic E-state index is 0.0527. The number of hydrogen-bond donors (Lipinski definition) is 1. The van der Waals surface area contributed by atoms with Gasteiger partial charge in [0.25, 0.3) is 5.91 Å². The predicted octanol–water partition coefficient (Wildman–Crippen LogP) is 1.79. The lowest BCUT2D eigenvalue weighted by Crippen LogP contribution is -2.29. The van der Waals surface area contributed by atoms with E-state index < -0.39 is 0 Å². The van der Waals surface area contributed by atoms with E-state index >= 15 is 0 Å². The zero-order valence-electron chi connectivity index (χ0n) is 11.6. The van der Waals surface area contributed by atoms with Gasteiger partial charge in [0.1, 0.15) is 0 Å². The van der Waals surface area contributed by atoms with E-state index in [-0.39, 0.29) is 5.91 Å². The van der Waals surface area contributed by atoms with E-state index in [4.69, 9.17) is 5.73 Å². The average molecular weight is 256 g/mol. The molecule has 3 nitrogen and oxygen atoms in total. The van der Waals surface area contributed by atoms with Crippen molar-refractivity contribution in [3.8, 4) is 11.8 Å². The van der Waals surface area contributed by atoms with E-state index in [9.17, 15) is 4.79 Å². The van der Waals surface area contributed by atoms with Gasteiger partial charge in [0.05, 0.1) is 12.1 Å². The van der Waals surface area contributed by atoms with Gasteiger partial charge < -0.3 is 10.6 Å². The number of aryl methyl sites for hydroxylation is 1. The Hall–Kier alpha value is -1.79. The summed E-state index contributed by atoms with van der Waals surface area (Å²) in [7, 11) is 1.86. The van der Waals surface area contributed by atoms with Crippen molar-refractivity contribution in [1.29, 1.82) is 0 Å². The number of carbonyl (C=O) groups excluding carboxylic acids is 1. The van der Waals surface area contributed by atoms with Gasteiger partial charge in [0, 0.05) is 19.2 Å². The molecular formula is C16H20N2O. The average Bonchev–Trinajstić information content (AvgIpc) is 3.20. The Labute approximate surface area is 114 Å². The van der Waals surface area contributed by atoms with Crippen LogP contribution < -0.4 is 5.73 Å². The highest BCUT2D eigenvalue weighted by atomic mass is 16.2. The van der Waals surface area contributed by atoms with E-state index in [0.29, 0.717) is 18.0 Å². The zero-order chi connectivity index (χ0) is 13.8. The Morgan fingerprint density at radius 1 is 1.47 bits per heavy atom. The predicted molar refractivity (Wildman–Crippen MR) is 76.8 cm³/mol. The molecule has 1 aromatic carbocycles. The summed E-state index contributed by atoms with van der Waals surface area (Å²) in [6, 6.07) is 5.78. The van der Waals surface area contributed by atoms with Gasteiger partial charge in [-0.1, -0.05) is 23.5 Å². The fraction of sp³-hybridized carbons (Fsp3) is 0.438. The fourth-order valence-electron chi connectivity index (χ4n) is 2.07. The minimum Gasteiger partial charge on any atom is -0.341 e. The molecule has 1 aliphatic carbocycles. The van der Waals surface area contributed by atoms with Gasteiger partial charge in [0.15, 0.2) is 0 Å². The van der Waals surface area contributed by atoms with Crippen molar-refractivity contribution in [1.82, 2.24) is 4.90 Å². The summed E-state index contributed by atoms with van der Waals surface area (Å²) in [6.07, 6.45) is 2.48. The van der Waals surface area contributed by atoms with Crippen LogP contribution >= 0.6 is 0 Å². The van der Waals surface area contributed by atoms with Crippen molar-refractivity contribution in [2.75, 3.05) is 20.1 Å². The number of benzene rings is 1. The molecule has 0 aromatic heterocycles.